The van der Waals surface area contributed by atoms with Gasteiger partial charge >= 0.3 is 0 Å². The molecule has 0 aliphatic heterocycles. The molecule has 0 saturated carbocycles. The second-order valence-electron chi connectivity index (χ2n) is 6.21. The van der Waals surface area contributed by atoms with E-state index < -0.39 is 0 Å². The van der Waals surface area contributed by atoms with E-state index in [2.05, 4.69) is 20.6 Å². The van der Waals surface area contributed by atoms with Crippen LogP contribution in [0.15, 0.2) is 54.6 Å². The first-order valence-electron chi connectivity index (χ1n) is 8.83. The van der Waals surface area contributed by atoms with E-state index >= 15 is 0 Å². The smallest absolute Gasteiger partial charge is 0.270 e. The van der Waals surface area contributed by atoms with E-state index in [1.165, 1.54) is 0 Å². The van der Waals surface area contributed by atoms with Gasteiger partial charge in [-0.1, -0.05) is 29.8 Å². The fourth-order valence-corrected chi connectivity index (χ4v) is 2.83. The van der Waals surface area contributed by atoms with Crippen molar-refractivity contribution < 1.29 is 9.53 Å². The summed E-state index contributed by atoms with van der Waals surface area (Å²) in [5, 5.41) is 6.57. The van der Waals surface area contributed by atoms with Crippen LogP contribution >= 0.6 is 11.6 Å². The molecule has 0 atom stereocenters. The van der Waals surface area contributed by atoms with Gasteiger partial charge in [0.25, 0.3) is 5.91 Å². The Hall–Kier alpha value is -3.12. The van der Waals surface area contributed by atoms with Gasteiger partial charge in [-0.2, -0.15) is 0 Å². The summed E-state index contributed by atoms with van der Waals surface area (Å²) in [5.41, 5.74) is 2.87. The van der Waals surface area contributed by atoms with E-state index in [9.17, 15) is 4.79 Å². The van der Waals surface area contributed by atoms with Crippen LogP contribution in [0.3, 0.4) is 0 Å². The van der Waals surface area contributed by atoms with Gasteiger partial charge < -0.3 is 15.4 Å². The highest BCUT2D eigenvalue weighted by Crippen LogP contribution is 2.18. The quantitative estimate of drug-likeness (QED) is 0.627. The second-order valence-corrected chi connectivity index (χ2v) is 6.64. The van der Waals surface area contributed by atoms with E-state index in [0.29, 0.717) is 35.3 Å². The minimum Gasteiger partial charge on any atom is -0.497 e. The summed E-state index contributed by atoms with van der Waals surface area (Å²) in [6.07, 6.45) is 0.716. The molecule has 0 radical (unpaired) electrons. The number of carbonyl (C=O) groups excluding carboxylic acids is 1. The summed E-state index contributed by atoms with van der Waals surface area (Å²) >= 11 is 6.00. The lowest BCUT2D eigenvalue weighted by atomic mass is 10.1. The van der Waals surface area contributed by atoms with E-state index in [1.54, 1.807) is 25.3 Å². The van der Waals surface area contributed by atoms with Crippen LogP contribution < -0.4 is 15.4 Å². The molecule has 0 fully saturated rings. The molecule has 7 heteroatoms. The SMILES string of the molecule is COc1ccc(CCNC(=O)c2cc(C)nc(Nc3cccc(Cl)c3)n2)cc1. The van der Waals surface area contributed by atoms with Crippen molar-refractivity contribution in [3.05, 3.63) is 76.6 Å². The molecule has 1 amide bonds. The van der Waals surface area contributed by atoms with Gasteiger partial charge in [0.15, 0.2) is 0 Å². The van der Waals surface area contributed by atoms with Crippen molar-refractivity contribution in [3.63, 3.8) is 0 Å². The lowest BCUT2D eigenvalue weighted by molar-refractivity contribution is 0.0949. The third kappa shape index (κ3) is 5.44. The Labute approximate surface area is 168 Å². The molecule has 0 saturated heterocycles. The summed E-state index contributed by atoms with van der Waals surface area (Å²) in [4.78, 5) is 21.1. The third-order valence-electron chi connectivity index (χ3n) is 4.03. The molecule has 3 rings (SSSR count). The van der Waals surface area contributed by atoms with Crippen molar-refractivity contribution in [1.29, 1.82) is 0 Å². The number of hydrogen-bond donors (Lipinski definition) is 2. The molecule has 3 aromatic rings. The minimum absolute atomic E-state index is 0.242. The maximum Gasteiger partial charge on any atom is 0.270 e. The highest BCUT2D eigenvalue weighted by Gasteiger charge is 2.11. The highest BCUT2D eigenvalue weighted by atomic mass is 35.5. The van der Waals surface area contributed by atoms with Crippen molar-refractivity contribution in [2.45, 2.75) is 13.3 Å². The summed E-state index contributed by atoms with van der Waals surface area (Å²) in [6, 6.07) is 16.6. The van der Waals surface area contributed by atoms with Gasteiger partial charge in [-0.3, -0.25) is 4.79 Å². The van der Waals surface area contributed by atoms with Gasteiger partial charge in [-0.25, -0.2) is 9.97 Å². The number of benzene rings is 2. The normalized spacial score (nSPS) is 10.4. The molecule has 28 heavy (non-hydrogen) atoms. The number of nitrogens with one attached hydrogen (secondary N) is 2. The first kappa shape index (κ1) is 19.6. The van der Waals surface area contributed by atoms with Gasteiger partial charge in [0.1, 0.15) is 11.4 Å². The molecule has 0 unspecified atom stereocenters. The van der Waals surface area contributed by atoms with E-state index in [-0.39, 0.29) is 5.91 Å². The Morgan fingerprint density at radius 3 is 2.61 bits per heavy atom. The second kappa shape index (κ2) is 9.19. The number of rotatable bonds is 7. The molecule has 1 aromatic heterocycles. The minimum atomic E-state index is -0.242. The molecule has 0 aliphatic rings. The van der Waals surface area contributed by atoms with E-state index in [0.717, 1.165) is 17.0 Å². The van der Waals surface area contributed by atoms with Crippen LogP contribution in [0.5, 0.6) is 5.75 Å². The van der Waals surface area contributed by atoms with E-state index in [1.807, 2.05) is 43.3 Å². The Balaban J connectivity index is 1.61. The van der Waals surface area contributed by atoms with Crippen LogP contribution in [0.1, 0.15) is 21.7 Å². The molecule has 0 spiro atoms. The van der Waals surface area contributed by atoms with Crippen LogP contribution in [0.25, 0.3) is 0 Å². The molecule has 6 nitrogen and oxygen atoms in total. The van der Waals surface area contributed by atoms with Gasteiger partial charge in [-0.15, -0.1) is 0 Å². The fraction of sp³-hybridized carbons (Fsp3) is 0.190. The Morgan fingerprint density at radius 2 is 1.89 bits per heavy atom. The fourth-order valence-electron chi connectivity index (χ4n) is 2.64. The molecule has 1 heterocycles. The molecule has 0 bridgehead atoms. The number of nitrogens with zero attached hydrogens (tertiary/aromatic N) is 2. The van der Waals surface area contributed by atoms with Crippen molar-refractivity contribution in [2.24, 2.45) is 0 Å². The monoisotopic (exact) mass is 396 g/mol. The standard InChI is InChI=1S/C21H21ClN4O2/c1-14-12-19(26-21(24-14)25-17-5-3-4-16(22)13-17)20(27)23-11-10-15-6-8-18(28-2)9-7-15/h3-9,12-13H,10-11H2,1-2H3,(H,23,27)(H,24,25,26). The first-order valence-corrected chi connectivity index (χ1v) is 9.21. The summed E-state index contributed by atoms with van der Waals surface area (Å²) in [5.74, 6) is 0.916. The maximum absolute atomic E-state index is 12.5. The third-order valence-corrected chi connectivity index (χ3v) is 4.26. The van der Waals surface area contributed by atoms with Gasteiger partial charge in [0, 0.05) is 22.9 Å². The number of aromatic nitrogens is 2. The van der Waals surface area contributed by atoms with Crippen LogP contribution in [0.2, 0.25) is 5.02 Å². The number of hydrogen-bond acceptors (Lipinski definition) is 5. The first-order chi connectivity index (χ1) is 13.5. The summed E-state index contributed by atoms with van der Waals surface area (Å²) < 4.78 is 5.14. The number of aryl methyl sites for hydroxylation is 1. The highest BCUT2D eigenvalue weighted by molar-refractivity contribution is 6.30. The van der Waals surface area contributed by atoms with Crippen molar-refractivity contribution >= 4 is 29.1 Å². The molecular weight excluding hydrogens is 376 g/mol. The molecule has 2 N–H and O–H groups in total. The number of anilines is 2. The predicted molar refractivity (Wildman–Crippen MR) is 111 cm³/mol. The Bertz CT molecular complexity index is 961. The van der Waals surface area contributed by atoms with Crippen molar-refractivity contribution in [2.75, 3.05) is 19.0 Å². The number of amides is 1. The van der Waals surface area contributed by atoms with Gasteiger partial charge in [0.2, 0.25) is 5.95 Å². The zero-order valence-corrected chi connectivity index (χ0v) is 16.5. The molecular formula is C21H21ClN4O2. The van der Waals surface area contributed by atoms with Crippen LogP contribution in [-0.4, -0.2) is 29.5 Å². The molecule has 0 aliphatic carbocycles. The van der Waals surface area contributed by atoms with Crippen LogP contribution in [-0.2, 0) is 6.42 Å². The summed E-state index contributed by atoms with van der Waals surface area (Å²) in [6.45, 7) is 2.32. The lowest BCUT2D eigenvalue weighted by Crippen LogP contribution is -2.27. The maximum atomic E-state index is 12.5. The summed E-state index contributed by atoms with van der Waals surface area (Å²) in [7, 11) is 1.63. The van der Waals surface area contributed by atoms with E-state index in [4.69, 9.17) is 16.3 Å². The topological polar surface area (TPSA) is 76.1 Å². The van der Waals surface area contributed by atoms with Crippen LogP contribution in [0.4, 0.5) is 11.6 Å². The number of ether oxygens (including phenoxy) is 1. The average molecular weight is 397 g/mol. The largest absolute Gasteiger partial charge is 0.497 e. The molecule has 144 valence electrons. The number of methoxy groups -OCH3 is 1. The Kier molecular flexibility index (Phi) is 6.45. The zero-order valence-electron chi connectivity index (χ0n) is 15.7. The van der Waals surface area contributed by atoms with Crippen molar-refractivity contribution in [1.82, 2.24) is 15.3 Å². The zero-order chi connectivity index (χ0) is 19.9. The predicted octanol–water partition coefficient (Wildman–Crippen LogP) is 4.16. The van der Waals surface area contributed by atoms with Gasteiger partial charge in [0.05, 0.1) is 7.11 Å². The average Bonchev–Trinajstić information content (AvgIpc) is 2.68. The lowest BCUT2D eigenvalue weighted by Gasteiger charge is -2.09. The Morgan fingerprint density at radius 1 is 1.11 bits per heavy atom. The molecule has 2 aromatic carbocycles. The van der Waals surface area contributed by atoms with Crippen LogP contribution in [0, 0.1) is 6.92 Å². The number of halogens is 1. The number of carbonyl (C=O) groups is 1. The van der Waals surface area contributed by atoms with Crippen molar-refractivity contribution in [3.8, 4) is 5.75 Å². The van der Waals surface area contributed by atoms with Gasteiger partial charge in [-0.05, 0) is 55.3 Å².